The second-order valence-electron chi connectivity index (χ2n) is 4.24. The second-order valence-corrected chi connectivity index (χ2v) is 5.02. The molecule has 1 aromatic rings. The Bertz CT molecular complexity index is 354. The van der Waals surface area contributed by atoms with E-state index in [2.05, 4.69) is 14.3 Å². The summed E-state index contributed by atoms with van der Waals surface area (Å²) >= 11 is 1.49. The number of fused-ring (bicyclic) bond motifs is 2. The molecule has 0 radical (unpaired) electrons. The Morgan fingerprint density at radius 3 is 2.86 bits per heavy atom. The van der Waals surface area contributed by atoms with E-state index in [9.17, 15) is 5.11 Å². The van der Waals surface area contributed by atoms with Gasteiger partial charge in [-0.25, -0.2) is 4.98 Å². The van der Waals surface area contributed by atoms with Crippen molar-refractivity contribution < 1.29 is 5.11 Å². The topological polar surface area (TPSA) is 49.2 Å². The predicted molar refractivity (Wildman–Crippen MR) is 53.3 cm³/mol. The number of aliphatic hydroxyl groups excluding tert-OH is 1. The number of nitrogens with zero attached hydrogens (tertiary/aromatic N) is 3. The maximum Gasteiger partial charge on any atom is 0.139 e. The van der Waals surface area contributed by atoms with E-state index < -0.39 is 0 Å². The zero-order valence-electron chi connectivity index (χ0n) is 8.05. The molecule has 1 N–H and O–H groups in total. The molecule has 2 aliphatic heterocycles. The third kappa shape index (κ3) is 1.20. The van der Waals surface area contributed by atoms with Gasteiger partial charge in [0.2, 0.25) is 0 Å². The number of aryl methyl sites for hydroxylation is 1. The third-order valence-electron chi connectivity index (χ3n) is 3.24. The van der Waals surface area contributed by atoms with Gasteiger partial charge >= 0.3 is 0 Å². The number of aromatic nitrogens is 2. The lowest BCUT2D eigenvalue weighted by molar-refractivity contribution is 0.106. The number of rotatable bonds is 1. The van der Waals surface area contributed by atoms with Crippen LogP contribution in [0.3, 0.4) is 0 Å². The van der Waals surface area contributed by atoms with Crippen LogP contribution in [0.25, 0.3) is 0 Å². The fourth-order valence-corrected chi connectivity index (χ4v) is 3.40. The lowest BCUT2D eigenvalue weighted by Gasteiger charge is -2.24. The van der Waals surface area contributed by atoms with Crippen LogP contribution < -0.4 is 0 Å². The molecule has 4 nitrogen and oxygen atoms in total. The first kappa shape index (κ1) is 8.76. The van der Waals surface area contributed by atoms with E-state index in [0.717, 1.165) is 30.5 Å². The van der Waals surface area contributed by atoms with Gasteiger partial charge in [0, 0.05) is 31.5 Å². The van der Waals surface area contributed by atoms with Crippen molar-refractivity contribution in [3.63, 3.8) is 0 Å². The van der Waals surface area contributed by atoms with E-state index in [4.69, 9.17) is 0 Å². The van der Waals surface area contributed by atoms with Gasteiger partial charge in [0.1, 0.15) is 10.8 Å². The first-order valence-electron chi connectivity index (χ1n) is 4.94. The Labute approximate surface area is 86.7 Å². The van der Waals surface area contributed by atoms with Gasteiger partial charge in [0.25, 0.3) is 0 Å². The largest absolute Gasteiger partial charge is 0.391 e. The van der Waals surface area contributed by atoms with E-state index in [-0.39, 0.29) is 6.10 Å². The minimum absolute atomic E-state index is 0.155. The average Bonchev–Trinajstić information content (AvgIpc) is 2.77. The molecule has 0 aromatic carbocycles. The van der Waals surface area contributed by atoms with Crippen molar-refractivity contribution in [3.05, 3.63) is 10.8 Å². The molecule has 76 valence electrons. The van der Waals surface area contributed by atoms with Gasteiger partial charge in [-0.3, -0.25) is 4.90 Å². The molecule has 0 saturated carbocycles. The van der Waals surface area contributed by atoms with Gasteiger partial charge in [-0.05, 0) is 18.5 Å². The van der Waals surface area contributed by atoms with Gasteiger partial charge in [-0.1, -0.05) is 0 Å². The fraction of sp³-hybridized carbons (Fsp3) is 0.778. The van der Waals surface area contributed by atoms with E-state index in [0.29, 0.717) is 11.8 Å². The first-order valence-corrected chi connectivity index (χ1v) is 5.72. The molecule has 5 heteroatoms. The summed E-state index contributed by atoms with van der Waals surface area (Å²) in [4.78, 5) is 6.73. The number of hydrogen-bond donors (Lipinski definition) is 1. The normalized spacial score (nSPS) is 40.7. The van der Waals surface area contributed by atoms with Crippen LogP contribution in [0.4, 0.5) is 0 Å². The number of hydrogen-bond acceptors (Lipinski definition) is 5. The summed E-state index contributed by atoms with van der Waals surface area (Å²) in [6.07, 6.45) is -0.155. The van der Waals surface area contributed by atoms with Crippen LogP contribution in [0.1, 0.15) is 16.7 Å². The van der Waals surface area contributed by atoms with Crippen molar-refractivity contribution in [2.75, 3.05) is 19.6 Å². The number of piperidine rings is 1. The summed E-state index contributed by atoms with van der Waals surface area (Å²) in [6, 6.07) is 0. The van der Waals surface area contributed by atoms with E-state index in [1.807, 2.05) is 6.92 Å². The molecule has 3 rings (SSSR count). The molecule has 3 heterocycles. The minimum atomic E-state index is -0.155. The van der Waals surface area contributed by atoms with Crippen LogP contribution in [0, 0.1) is 12.8 Å². The van der Waals surface area contributed by atoms with Gasteiger partial charge in [0.15, 0.2) is 0 Å². The van der Waals surface area contributed by atoms with Crippen molar-refractivity contribution >= 4 is 11.5 Å². The molecule has 0 spiro atoms. The molecule has 0 aliphatic carbocycles. The zero-order valence-corrected chi connectivity index (χ0v) is 8.87. The van der Waals surface area contributed by atoms with Crippen molar-refractivity contribution in [2.24, 2.45) is 5.92 Å². The van der Waals surface area contributed by atoms with Crippen LogP contribution in [0.15, 0.2) is 0 Å². The Morgan fingerprint density at radius 2 is 2.29 bits per heavy atom. The molecule has 2 aliphatic rings. The quantitative estimate of drug-likeness (QED) is 0.723. The zero-order chi connectivity index (χ0) is 9.71. The summed E-state index contributed by atoms with van der Waals surface area (Å²) in [5.41, 5.74) is 0. The molecule has 14 heavy (non-hydrogen) atoms. The van der Waals surface area contributed by atoms with Crippen molar-refractivity contribution in [1.82, 2.24) is 14.3 Å². The van der Waals surface area contributed by atoms with Crippen LogP contribution in [0.2, 0.25) is 0 Å². The smallest absolute Gasteiger partial charge is 0.139 e. The third-order valence-corrected chi connectivity index (χ3v) is 4.18. The van der Waals surface area contributed by atoms with Crippen LogP contribution in [0.5, 0.6) is 0 Å². The van der Waals surface area contributed by atoms with E-state index in [1.54, 1.807) is 0 Å². The van der Waals surface area contributed by atoms with Crippen molar-refractivity contribution in [2.45, 2.75) is 18.9 Å². The maximum absolute atomic E-state index is 9.77. The van der Waals surface area contributed by atoms with Crippen molar-refractivity contribution in [3.8, 4) is 0 Å². The molecule has 2 saturated heterocycles. The standard InChI is InChI=1S/C9H13N3OS/c1-5-10-9(14-11-5)7-3-12-2-6(7)8(13)4-12/h6-8,13H,2-4H2,1H3. The average molecular weight is 211 g/mol. The Morgan fingerprint density at radius 1 is 1.43 bits per heavy atom. The Balaban J connectivity index is 1.87. The molecule has 4 unspecified atom stereocenters. The minimum Gasteiger partial charge on any atom is -0.391 e. The van der Waals surface area contributed by atoms with Gasteiger partial charge in [-0.2, -0.15) is 4.37 Å². The lowest BCUT2D eigenvalue weighted by Crippen LogP contribution is -2.32. The second kappa shape index (κ2) is 2.98. The molecular formula is C9H13N3OS. The SMILES string of the molecule is Cc1nsc(C2CN3CC(O)C2C3)n1. The van der Waals surface area contributed by atoms with Gasteiger partial charge < -0.3 is 5.11 Å². The van der Waals surface area contributed by atoms with E-state index >= 15 is 0 Å². The van der Waals surface area contributed by atoms with Crippen LogP contribution in [-0.2, 0) is 0 Å². The van der Waals surface area contributed by atoms with Gasteiger partial charge in [-0.15, -0.1) is 0 Å². The van der Waals surface area contributed by atoms with Crippen LogP contribution in [-0.4, -0.2) is 45.1 Å². The molecule has 0 amide bonds. The molecule has 1 aromatic heterocycles. The Kier molecular flexibility index (Phi) is 1.87. The Hall–Kier alpha value is -0.520. The summed E-state index contributed by atoms with van der Waals surface area (Å²) < 4.78 is 4.20. The molecule has 4 atom stereocenters. The van der Waals surface area contributed by atoms with Crippen LogP contribution >= 0.6 is 11.5 Å². The van der Waals surface area contributed by atoms with Gasteiger partial charge in [0.05, 0.1) is 6.10 Å². The lowest BCUT2D eigenvalue weighted by atomic mass is 9.91. The van der Waals surface area contributed by atoms with Crippen molar-refractivity contribution in [1.29, 1.82) is 0 Å². The highest BCUT2D eigenvalue weighted by atomic mass is 32.1. The number of aliphatic hydroxyl groups is 1. The monoisotopic (exact) mass is 211 g/mol. The molecular weight excluding hydrogens is 198 g/mol. The molecule has 2 fully saturated rings. The summed E-state index contributed by atoms with van der Waals surface area (Å²) in [6.45, 7) is 4.85. The summed E-state index contributed by atoms with van der Waals surface area (Å²) in [5.74, 6) is 1.67. The molecule has 2 bridgehead atoms. The summed E-state index contributed by atoms with van der Waals surface area (Å²) in [7, 11) is 0. The highest BCUT2D eigenvalue weighted by Gasteiger charge is 2.46. The maximum atomic E-state index is 9.77. The highest BCUT2D eigenvalue weighted by Crippen LogP contribution is 2.40. The first-order chi connectivity index (χ1) is 6.74. The predicted octanol–water partition coefficient (Wildman–Crippen LogP) is 0.236. The fourth-order valence-electron chi connectivity index (χ4n) is 2.58. The van der Waals surface area contributed by atoms with E-state index in [1.165, 1.54) is 11.5 Å². The summed E-state index contributed by atoms with van der Waals surface area (Å²) in [5, 5.41) is 10.9. The highest BCUT2D eigenvalue weighted by molar-refractivity contribution is 7.05.